The van der Waals surface area contributed by atoms with Gasteiger partial charge in [-0.25, -0.2) is 4.98 Å². The van der Waals surface area contributed by atoms with Gasteiger partial charge in [-0.05, 0) is 75.2 Å². The summed E-state index contributed by atoms with van der Waals surface area (Å²) < 4.78 is 0. The van der Waals surface area contributed by atoms with Gasteiger partial charge in [-0.15, -0.1) is 10.2 Å². The molecule has 0 bridgehead atoms. The Morgan fingerprint density at radius 2 is 1.85 bits per heavy atom. The fraction of sp³-hybridized carbons (Fsp3) is 0.484. The van der Waals surface area contributed by atoms with Crippen molar-refractivity contribution in [3.8, 4) is 17.0 Å². The Labute approximate surface area is 238 Å². The van der Waals surface area contributed by atoms with Gasteiger partial charge in [0.2, 0.25) is 5.95 Å². The number of nitrogens with zero attached hydrogens (tertiary/aromatic N) is 5. The van der Waals surface area contributed by atoms with Crippen molar-refractivity contribution >= 4 is 17.0 Å². The lowest BCUT2D eigenvalue weighted by atomic mass is 9.61. The van der Waals surface area contributed by atoms with Crippen molar-refractivity contribution in [2.45, 2.75) is 57.0 Å². The van der Waals surface area contributed by atoms with Crippen molar-refractivity contribution < 1.29 is 5.11 Å². The minimum Gasteiger partial charge on any atom is -0.507 e. The number of fused-ring (bicyclic) bond motifs is 3. The van der Waals surface area contributed by atoms with E-state index in [0.29, 0.717) is 22.6 Å². The number of aromatic nitrogens is 5. The standard InChI is InChI=1S/C31H36N8O2/c1-18-27-22-12-25(21-4-2-3-5-26(21)40)36-37-28(22)34-24(27)8-11-39(18)30-33-15-23(29(41)35-30)19-6-9-38(10-7-19)20-13-31(14-20)16-32-17-31/h2-5,12,15,18-20,32,40H,6-11,13-14,16-17H2,1H3,(H,34,37)(H,33,35,41)/t18-/m1/s1. The number of phenolic OH excluding ortho intramolecular Hbond substituents is 1. The number of likely N-dealkylation sites (tertiary alicyclic amines) is 1. The number of nitrogens with one attached hydrogen (secondary N) is 3. The maximum Gasteiger partial charge on any atom is 0.255 e. The number of phenols is 1. The Kier molecular flexibility index (Phi) is 5.72. The summed E-state index contributed by atoms with van der Waals surface area (Å²) in [7, 11) is 0. The predicted molar refractivity (Wildman–Crippen MR) is 157 cm³/mol. The van der Waals surface area contributed by atoms with E-state index < -0.39 is 0 Å². The number of hydrogen-bond acceptors (Lipinski definition) is 8. The molecular formula is C31H36N8O2. The second-order valence-electron chi connectivity index (χ2n) is 12.6. The van der Waals surface area contributed by atoms with Gasteiger partial charge in [0.15, 0.2) is 5.65 Å². The molecule has 8 rings (SSSR count). The van der Waals surface area contributed by atoms with E-state index in [4.69, 9.17) is 4.98 Å². The molecule has 10 nitrogen and oxygen atoms in total. The Balaban J connectivity index is 1.01. The summed E-state index contributed by atoms with van der Waals surface area (Å²) in [6.07, 6.45) is 7.30. The fourth-order valence-corrected chi connectivity index (χ4v) is 7.80. The maximum absolute atomic E-state index is 13.4. The molecule has 0 amide bonds. The Bertz CT molecular complexity index is 1680. The molecule has 3 fully saturated rings. The lowest BCUT2D eigenvalue weighted by molar-refractivity contribution is -0.0432. The first-order valence-electron chi connectivity index (χ1n) is 15.0. The average Bonchev–Trinajstić information content (AvgIpc) is 3.31. The molecule has 0 radical (unpaired) electrons. The van der Waals surface area contributed by atoms with Crippen LogP contribution in [0, 0.1) is 5.41 Å². The van der Waals surface area contributed by atoms with Crippen molar-refractivity contribution in [1.82, 2.24) is 35.4 Å². The molecule has 1 aliphatic carbocycles. The number of rotatable bonds is 4. The second-order valence-corrected chi connectivity index (χ2v) is 12.6. The zero-order valence-corrected chi connectivity index (χ0v) is 23.4. The molecule has 1 spiro atoms. The van der Waals surface area contributed by atoms with Crippen LogP contribution in [0.3, 0.4) is 0 Å². The molecule has 1 aromatic carbocycles. The molecule has 212 valence electrons. The number of hydrogen-bond donors (Lipinski definition) is 4. The molecule has 6 heterocycles. The van der Waals surface area contributed by atoms with Crippen LogP contribution >= 0.6 is 0 Å². The molecule has 10 heteroatoms. The maximum atomic E-state index is 13.4. The number of anilines is 1. The first-order chi connectivity index (χ1) is 20.0. The summed E-state index contributed by atoms with van der Waals surface area (Å²) in [5.41, 5.74) is 5.67. The number of aromatic amines is 2. The quantitative estimate of drug-likeness (QED) is 0.303. The Morgan fingerprint density at radius 1 is 1.05 bits per heavy atom. The van der Waals surface area contributed by atoms with Crippen molar-refractivity contribution in [1.29, 1.82) is 0 Å². The molecule has 1 saturated carbocycles. The van der Waals surface area contributed by atoms with E-state index in [-0.39, 0.29) is 23.3 Å². The van der Waals surface area contributed by atoms with E-state index in [1.54, 1.807) is 12.1 Å². The number of piperidine rings is 1. The summed E-state index contributed by atoms with van der Waals surface area (Å²) in [6.45, 7) is 7.39. The zero-order chi connectivity index (χ0) is 27.7. The third-order valence-electron chi connectivity index (χ3n) is 10.3. The molecule has 1 atom stereocenters. The van der Waals surface area contributed by atoms with Gasteiger partial charge in [0.25, 0.3) is 5.56 Å². The minimum absolute atomic E-state index is 0.0128. The first-order valence-corrected chi connectivity index (χ1v) is 15.0. The summed E-state index contributed by atoms with van der Waals surface area (Å²) in [6, 6.07) is 9.87. The van der Waals surface area contributed by atoms with E-state index in [0.717, 1.165) is 72.8 Å². The highest BCUT2D eigenvalue weighted by Gasteiger charge is 2.50. The number of H-pyrrole nitrogens is 2. The van der Waals surface area contributed by atoms with Crippen molar-refractivity contribution in [2.24, 2.45) is 5.41 Å². The van der Waals surface area contributed by atoms with E-state index >= 15 is 0 Å². The molecule has 4 aromatic rings. The lowest BCUT2D eigenvalue weighted by Crippen LogP contribution is -2.65. The number of benzene rings is 1. The first kappa shape index (κ1) is 25.0. The van der Waals surface area contributed by atoms with E-state index in [1.165, 1.54) is 25.9 Å². The summed E-state index contributed by atoms with van der Waals surface area (Å²) >= 11 is 0. The van der Waals surface area contributed by atoms with Gasteiger partial charge in [-0.1, -0.05) is 12.1 Å². The van der Waals surface area contributed by atoms with Gasteiger partial charge in [0.1, 0.15) is 5.75 Å². The molecule has 41 heavy (non-hydrogen) atoms. The van der Waals surface area contributed by atoms with Crippen LogP contribution in [0.2, 0.25) is 0 Å². The van der Waals surface area contributed by atoms with Crippen LogP contribution in [0.1, 0.15) is 61.4 Å². The molecule has 3 aliphatic heterocycles. The lowest BCUT2D eigenvalue weighted by Gasteiger charge is -2.58. The van der Waals surface area contributed by atoms with Gasteiger partial charge in [0.05, 0.1) is 11.7 Å². The molecule has 4 aliphatic rings. The molecular weight excluding hydrogens is 516 g/mol. The highest BCUT2D eigenvalue weighted by molar-refractivity contribution is 5.86. The van der Waals surface area contributed by atoms with Crippen molar-refractivity contribution in [3.63, 3.8) is 0 Å². The SMILES string of the molecule is C[C@@H]1c2c([nH]c3nnc(-c4ccccc4O)cc23)CCN1c1ncc(C2CCN(C3CC4(CNC4)C3)CC2)c(=O)[nH]1. The smallest absolute Gasteiger partial charge is 0.255 e. The molecule has 4 N–H and O–H groups in total. The summed E-state index contributed by atoms with van der Waals surface area (Å²) in [5, 5.41) is 23.6. The monoisotopic (exact) mass is 552 g/mol. The van der Waals surface area contributed by atoms with Crippen LogP contribution < -0.4 is 15.8 Å². The highest BCUT2D eigenvalue weighted by Crippen LogP contribution is 2.47. The van der Waals surface area contributed by atoms with Gasteiger partial charge < -0.3 is 25.2 Å². The Morgan fingerprint density at radius 3 is 2.59 bits per heavy atom. The highest BCUT2D eigenvalue weighted by atomic mass is 16.3. The van der Waals surface area contributed by atoms with Gasteiger partial charge >= 0.3 is 0 Å². The third-order valence-corrected chi connectivity index (χ3v) is 10.3. The normalized spacial score (nSPS) is 23.0. The van der Waals surface area contributed by atoms with Crippen LogP contribution in [0.4, 0.5) is 5.95 Å². The summed E-state index contributed by atoms with van der Waals surface area (Å²) in [4.78, 5) is 29.6. The van der Waals surface area contributed by atoms with Gasteiger partial charge in [0, 0.05) is 66.1 Å². The van der Waals surface area contributed by atoms with Crippen LogP contribution in [-0.2, 0) is 6.42 Å². The predicted octanol–water partition coefficient (Wildman–Crippen LogP) is 3.47. The minimum atomic E-state index is -0.0252. The van der Waals surface area contributed by atoms with Gasteiger partial charge in [-0.3, -0.25) is 9.78 Å². The largest absolute Gasteiger partial charge is 0.507 e. The van der Waals surface area contributed by atoms with E-state index in [9.17, 15) is 9.90 Å². The van der Waals surface area contributed by atoms with Crippen LogP contribution in [-0.4, -0.2) is 73.9 Å². The van der Waals surface area contributed by atoms with E-state index in [1.807, 2.05) is 24.4 Å². The van der Waals surface area contributed by atoms with Crippen LogP contribution in [0.15, 0.2) is 41.3 Å². The van der Waals surface area contributed by atoms with Crippen molar-refractivity contribution in [2.75, 3.05) is 37.6 Å². The molecule has 2 saturated heterocycles. The second kappa shape index (κ2) is 9.39. The molecule has 0 unspecified atom stereocenters. The topological polar surface area (TPSA) is 126 Å². The number of aromatic hydroxyl groups is 1. The summed E-state index contributed by atoms with van der Waals surface area (Å²) in [5.74, 6) is 1.05. The number of para-hydroxylation sites is 1. The van der Waals surface area contributed by atoms with E-state index in [2.05, 4.69) is 42.2 Å². The average molecular weight is 553 g/mol. The van der Waals surface area contributed by atoms with Crippen LogP contribution in [0.5, 0.6) is 5.75 Å². The van der Waals surface area contributed by atoms with Crippen molar-refractivity contribution in [3.05, 3.63) is 63.7 Å². The Hall–Kier alpha value is -3.76. The van der Waals surface area contributed by atoms with Gasteiger partial charge in [-0.2, -0.15) is 0 Å². The molecule has 3 aromatic heterocycles. The van der Waals surface area contributed by atoms with Crippen LogP contribution in [0.25, 0.3) is 22.3 Å². The fourth-order valence-electron chi connectivity index (χ4n) is 7.80. The third kappa shape index (κ3) is 4.06. The zero-order valence-electron chi connectivity index (χ0n) is 23.4.